The average molecular weight is 502 g/mol. The fourth-order valence-corrected chi connectivity index (χ4v) is 12.8. The predicted molar refractivity (Wildman–Crippen MR) is 151 cm³/mol. The molecule has 0 aromatic carbocycles. The van der Waals surface area contributed by atoms with E-state index in [1.165, 1.54) is 64.2 Å². The molecule has 3 heteroatoms. The number of aliphatic hydroxyl groups is 1. The Morgan fingerprint density at radius 3 is 2.43 bits per heavy atom. The molecule has 1 radical (unpaired) electrons. The van der Waals surface area contributed by atoms with Gasteiger partial charge < -0.3 is 9.53 Å². The van der Waals surface area contributed by atoms with Crippen LogP contribution < -0.4 is 0 Å². The molecule has 35 heavy (non-hydrogen) atoms. The van der Waals surface area contributed by atoms with Gasteiger partial charge in [0.1, 0.15) is 0 Å². The van der Waals surface area contributed by atoms with Crippen LogP contribution in [0.25, 0.3) is 0 Å². The Hall–Kier alpha value is -0.123. The van der Waals surface area contributed by atoms with Gasteiger partial charge in [0.05, 0.1) is 0 Å². The number of fused-ring (bicyclic) bond motifs is 5. The first-order chi connectivity index (χ1) is 16.4. The summed E-state index contributed by atoms with van der Waals surface area (Å²) in [7, 11) is -0.839. The third kappa shape index (κ3) is 5.26. The molecule has 0 spiro atoms. The molecule has 0 amide bonds. The molecule has 201 valence electrons. The summed E-state index contributed by atoms with van der Waals surface area (Å²) < 4.78 is 6.96. The van der Waals surface area contributed by atoms with Crippen molar-refractivity contribution in [3.8, 4) is 0 Å². The normalized spacial score (nSPS) is 40.3. The molecule has 0 unspecified atom stereocenters. The Labute approximate surface area is 219 Å². The van der Waals surface area contributed by atoms with Crippen LogP contribution in [0.4, 0.5) is 0 Å². The molecule has 0 aliphatic heterocycles. The van der Waals surface area contributed by atoms with E-state index in [9.17, 15) is 5.11 Å². The quantitative estimate of drug-likeness (QED) is 0.204. The number of allylic oxidation sites excluding steroid dienone is 1. The number of hydrogen-bond acceptors (Lipinski definition) is 2. The van der Waals surface area contributed by atoms with Crippen LogP contribution in [0, 0.1) is 40.4 Å². The lowest BCUT2D eigenvalue weighted by Crippen LogP contribution is -2.51. The van der Waals surface area contributed by atoms with Gasteiger partial charge in [0.15, 0.2) is 0 Å². The van der Waals surface area contributed by atoms with E-state index >= 15 is 0 Å². The van der Waals surface area contributed by atoms with Crippen molar-refractivity contribution < 1.29 is 9.53 Å². The summed E-state index contributed by atoms with van der Waals surface area (Å²) in [6.45, 7) is 20.1. The summed E-state index contributed by atoms with van der Waals surface area (Å²) in [5, 5.41) is 9.54. The number of hydrogen-bond donors (Lipinski definition) is 1. The first-order valence-corrected chi connectivity index (χ1v) is 16.7. The van der Waals surface area contributed by atoms with Crippen molar-refractivity contribution >= 4 is 9.04 Å². The second-order valence-corrected chi connectivity index (χ2v) is 18.6. The van der Waals surface area contributed by atoms with E-state index in [0.717, 1.165) is 36.0 Å². The Morgan fingerprint density at radius 1 is 1.03 bits per heavy atom. The van der Waals surface area contributed by atoms with E-state index in [1.807, 2.05) is 0 Å². The molecular weight excluding hydrogens is 444 g/mol. The standard InChI is InChI=1S/C32H57O2Si/c1-22(2)35(30(4,5)6)34-25-16-18-31(7)24(21-25)12-13-26-28-15-14-27(23(3)11-9-10-20-33)32(28,8)19-17-29(26)31/h12,22-23,25-29,33H,9-11,13-21H2,1-8H3/t23-,25+,26+,27-,28+,29+,31+,32-/m1/s1. The molecule has 0 saturated heterocycles. The molecule has 1 N–H and O–H groups in total. The van der Waals surface area contributed by atoms with Crippen LogP contribution in [-0.4, -0.2) is 26.9 Å². The lowest BCUT2D eigenvalue weighted by molar-refractivity contribution is -0.0563. The van der Waals surface area contributed by atoms with E-state index in [1.54, 1.807) is 5.57 Å². The SMILES string of the molecule is CC(C)[Si](O[C@H]1CC[C@@]2(C)C(=CC[C@H]3[C@@H]4CC[C@H]([C@H](C)CCCCO)[C@@]4(C)CC[C@@H]32)C1)C(C)(C)C. The summed E-state index contributed by atoms with van der Waals surface area (Å²) >= 11 is 0. The second-order valence-electron chi connectivity index (χ2n) is 14.9. The van der Waals surface area contributed by atoms with Gasteiger partial charge in [-0.3, -0.25) is 0 Å². The molecule has 8 atom stereocenters. The van der Waals surface area contributed by atoms with Crippen molar-refractivity contribution in [3.05, 3.63) is 11.6 Å². The molecule has 4 aliphatic carbocycles. The average Bonchev–Trinajstić information content (AvgIpc) is 3.14. The first kappa shape index (κ1) is 27.9. The van der Waals surface area contributed by atoms with Gasteiger partial charge in [-0.15, -0.1) is 0 Å². The predicted octanol–water partition coefficient (Wildman–Crippen LogP) is 8.95. The third-order valence-corrected chi connectivity index (χ3v) is 14.6. The lowest BCUT2D eigenvalue weighted by Gasteiger charge is -2.58. The first-order valence-electron chi connectivity index (χ1n) is 15.3. The Morgan fingerprint density at radius 2 is 1.77 bits per heavy atom. The minimum atomic E-state index is -0.839. The zero-order valence-corrected chi connectivity index (χ0v) is 25.5. The minimum Gasteiger partial charge on any atom is -0.413 e. The fraction of sp³-hybridized carbons (Fsp3) is 0.938. The van der Waals surface area contributed by atoms with Crippen molar-refractivity contribution in [3.63, 3.8) is 0 Å². The molecule has 3 saturated carbocycles. The molecule has 3 fully saturated rings. The largest absolute Gasteiger partial charge is 0.413 e. The van der Waals surface area contributed by atoms with Crippen LogP contribution >= 0.6 is 0 Å². The topological polar surface area (TPSA) is 29.5 Å². The van der Waals surface area contributed by atoms with E-state index in [-0.39, 0.29) is 0 Å². The van der Waals surface area contributed by atoms with Gasteiger partial charge in [-0.05, 0) is 109 Å². The molecule has 4 aliphatic rings. The van der Waals surface area contributed by atoms with Crippen LogP contribution in [0.1, 0.15) is 126 Å². The summed E-state index contributed by atoms with van der Waals surface area (Å²) in [4.78, 5) is 0. The van der Waals surface area contributed by atoms with Crippen LogP contribution in [-0.2, 0) is 4.43 Å². The van der Waals surface area contributed by atoms with E-state index in [0.29, 0.717) is 34.1 Å². The van der Waals surface area contributed by atoms with Crippen molar-refractivity contribution in [2.75, 3.05) is 6.61 Å². The van der Waals surface area contributed by atoms with Gasteiger partial charge >= 0.3 is 0 Å². The highest BCUT2D eigenvalue weighted by atomic mass is 28.3. The lowest BCUT2D eigenvalue weighted by atomic mass is 9.47. The van der Waals surface area contributed by atoms with Crippen molar-refractivity contribution in [1.82, 2.24) is 0 Å². The highest BCUT2D eigenvalue weighted by Gasteiger charge is 2.59. The van der Waals surface area contributed by atoms with Gasteiger partial charge in [-0.1, -0.05) is 79.9 Å². The van der Waals surface area contributed by atoms with Crippen molar-refractivity contribution in [1.29, 1.82) is 0 Å². The highest BCUT2D eigenvalue weighted by molar-refractivity contribution is 6.56. The maximum Gasteiger partial charge on any atom is 0.220 e. The van der Waals surface area contributed by atoms with Gasteiger partial charge in [0, 0.05) is 12.7 Å². The second kappa shape index (κ2) is 10.6. The molecule has 0 heterocycles. The van der Waals surface area contributed by atoms with Gasteiger partial charge in [-0.2, -0.15) is 0 Å². The van der Waals surface area contributed by atoms with Crippen molar-refractivity contribution in [2.45, 2.75) is 143 Å². The van der Waals surface area contributed by atoms with Gasteiger partial charge in [0.2, 0.25) is 9.04 Å². The number of rotatable bonds is 8. The minimum absolute atomic E-state index is 0.299. The molecule has 0 aromatic rings. The van der Waals surface area contributed by atoms with E-state index in [4.69, 9.17) is 4.43 Å². The van der Waals surface area contributed by atoms with E-state index in [2.05, 4.69) is 61.5 Å². The molecular formula is C32H57O2Si. The van der Waals surface area contributed by atoms with Crippen LogP contribution in [0.3, 0.4) is 0 Å². The van der Waals surface area contributed by atoms with E-state index < -0.39 is 9.04 Å². The third-order valence-electron chi connectivity index (χ3n) is 11.4. The Balaban J connectivity index is 1.46. The van der Waals surface area contributed by atoms with Crippen molar-refractivity contribution in [2.24, 2.45) is 40.4 Å². The molecule has 0 aromatic heterocycles. The fourth-order valence-electron chi connectivity index (χ4n) is 9.84. The summed E-state index contributed by atoms with van der Waals surface area (Å²) in [5.74, 6) is 4.42. The highest BCUT2D eigenvalue weighted by Crippen LogP contribution is 2.67. The molecule has 4 rings (SSSR count). The summed E-state index contributed by atoms with van der Waals surface area (Å²) in [6, 6.07) is 0. The Kier molecular flexibility index (Phi) is 8.42. The monoisotopic (exact) mass is 501 g/mol. The number of aliphatic hydroxyl groups excluding tert-OH is 1. The molecule has 2 nitrogen and oxygen atoms in total. The van der Waals surface area contributed by atoms with Gasteiger partial charge in [-0.25, -0.2) is 0 Å². The zero-order valence-electron chi connectivity index (χ0n) is 24.5. The Bertz CT molecular complexity index is 753. The zero-order chi connectivity index (χ0) is 25.6. The van der Waals surface area contributed by atoms with Crippen LogP contribution in [0.5, 0.6) is 0 Å². The summed E-state index contributed by atoms with van der Waals surface area (Å²) in [6.07, 6.45) is 17.6. The molecule has 0 bridgehead atoms. The maximum absolute atomic E-state index is 9.24. The number of unbranched alkanes of at least 4 members (excludes halogenated alkanes) is 1. The van der Waals surface area contributed by atoms with Crippen LogP contribution in [0.2, 0.25) is 10.6 Å². The van der Waals surface area contributed by atoms with Gasteiger partial charge in [0.25, 0.3) is 0 Å². The smallest absolute Gasteiger partial charge is 0.220 e. The summed E-state index contributed by atoms with van der Waals surface area (Å²) in [5.41, 5.74) is 3.39. The van der Waals surface area contributed by atoms with Crippen LogP contribution in [0.15, 0.2) is 11.6 Å². The maximum atomic E-state index is 9.24.